The van der Waals surface area contributed by atoms with E-state index in [1.807, 2.05) is 32.0 Å². The molecule has 1 heterocycles. The van der Waals surface area contributed by atoms with Crippen molar-refractivity contribution in [2.75, 3.05) is 0 Å². The third-order valence-corrected chi connectivity index (χ3v) is 2.30. The molecule has 1 aromatic heterocycles. The lowest BCUT2D eigenvalue weighted by Crippen LogP contribution is -1.90. The molecule has 0 atom stereocenters. The molecule has 2 heteroatoms. The molecule has 0 spiro atoms. The van der Waals surface area contributed by atoms with Gasteiger partial charge in [-0.15, -0.1) is 0 Å². The van der Waals surface area contributed by atoms with Gasteiger partial charge in [0.2, 0.25) is 0 Å². The lowest BCUT2D eigenvalue weighted by atomic mass is 10.1. The number of nitrogens with zero attached hydrogens (tertiary/aromatic N) is 2. The highest BCUT2D eigenvalue weighted by atomic mass is 14.8. The zero-order chi connectivity index (χ0) is 13.5. The number of pyridine rings is 1. The van der Waals surface area contributed by atoms with Crippen molar-refractivity contribution in [2.24, 2.45) is 4.99 Å². The van der Waals surface area contributed by atoms with E-state index in [1.165, 1.54) is 5.57 Å². The van der Waals surface area contributed by atoms with Crippen LogP contribution in [0.25, 0.3) is 0 Å². The molecule has 1 rings (SSSR count). The van der Waals surface area contributed by atoms with Gasteiger partial charge < -0.3 is 0 Å². The Bertz CT molecular complexity index is 501. The van der Waals surface area contributed by atoms with Gasteiger partial charge in [-0.05, 0) is 51.0 Å². The molecule has 0 aliphatic rings. The maximum atomic E-state index is 4.49. The van der Waals surface area contributed by atoms with Crippen molar-refractivity contribution in [3.05, 3.63) is 65.2 Å². The van der Waals surface area contributed by atoms with E-state index in [1.54, 1.807) is 12.4 Å². The normalized spacial score (nSPS) is 12.2. The molecule has 0 radical (unpaired) electrons. The van der Waals surface area contributed by atoms with Crippen molar-refractivity contribution in [1.29, 1.82) is 0 Å². The summed E-state index contributed by atoms with van der Waals surface area (Å²) in [4.78, 5) is 8.71. The second kappa shape index (κ2) is 6.70. The van der Waals surface area contributed by atoms with Gasteiger partial charge in [-0.3, -0.25) is 9.98 Å². The number of allylic oxidation sites excluding steroid dienone is 4. The molecule has 0 saturated carbocycles. The van der Waals surface area contributed by atoms with E-state index in [-0.39, 0.29) is 0 Å². The van der Waals surface area contributed by atoms with Gasteiger partial charge >= 0.3 is 0 Å². The molecule has 0 bridgehead atoms. The number of hydrogen-bond donors (Lipinski definition) is 0. The summed E-state index contributed by atoms with van der Waals surface area (Å²) in [5.41, 5.74) is 5.09. The Balaban J connectivity index is 3.06. The van der Waals surface area contributed by atoms with Crippen LogP contribution < -0.4 is 0 Å². The Morgan fingerprint density at radius 1 is 1.22 bits per heavy atom. The van der Waals surface area contributed by atoms with E-state index in [4.69, 9.17) is 0 Å². The van der Waals surface area contributed by atoms with Gasteiger partial charge in [-0.2, -0.15) is 0 Å². The minimum absolute atomic E-state index is 0.848. The predicted octanol–water partition coefficient (Wildman–Crippen LogP) is 4.32. The quantitative estimate of drug-likeness (QED) is 0.568. The summed E-state index contributed by atoms with van der Waals surface area (Å²) in [5.74, 6) is 0. The van der Waals surface area contributed by atoms with Crippen LogP contribution >= 0.6 is 0 Å². The van der Waals surface area contributed by atoms with E-state index >= 15 is 0 Å². The molecule has 0 unspecified atom stereocenters. The van der Waals surface area contributed by atoms with E-state index in [0.29, 0.717) is 0 Å². The highest BCUT2D eigenvalue weighted by Gasteiger charge is 2.00. The minimum atomic E-state index is 0.848. The Kier molecular flexibility index (Phi) is 5.25. The van der Waals surface area contributed by atoms with Crippen LogP contribution in [0.2, 0.25) is 0 Å². The molecule has 0 saturated heterocycles. The van der Waals surface area contributed by atoms with Crippen molar-refractivity contribution in [3.8, 4) is 0 Å². The van der Waals surface area contributed by atoms with E-state index in [0.717, 1.165) is 22.5 Å². The number of aromatic nitrogens is 1. The smallest absolute Gasteiger partial charge is 0.0812 e. The minimum Gasteiger partial charge on any atom is -0.255 e. The molecule has 0 amide bonds. The Hall–Kier alpha value is -1.96. The van der Waals surface area contributed by atoms with Crippen molar-refractivity contribution >= 4 is 6.21 Å². The molecule has 2 nitrogen and oxygen atoms in total. The summed E-state index contributed by atoms with van der Waals surface area (Å²) in [6.07, 6.45) is 5.64. The van der Waals surface area contributed by atoms with E-state index in [9.17, 15) is 0 Å². The second-order valence-corrected chi connectivity index (χ2v) is 4.55. The maximum Gasteiger partial charge on any atom is 0.0812 e. The molecule has 18 heavy (non-hydrogen) atoms. The fourth-order valence-electron chi connectivity index (χ4n) is 1.63. The summed E-state index contributed by atoms with van der Waals surface area (Å²) in [6, 6.07) is 5.76. The third-order valence-electron chi connectivity index (χ3n) is 2.30. The molecule has 0 fully saturated rings. The van der Waals surface area contributed by atoms with E-state index in [2.05, 4.69) is 36.5 Å². The molecule has 94 valence electrons. The summed E-state index contributed by atoms with van der Waals surface area (Å²) < 4.78 is 0. The Labute approximate surface area is 109 Å². The Morgan fingerprint density at radius 3 is 2.44 bits per heavy atom. The first-order valence-electron chi connectivity index (χ1n) is 5.97. The summed E-state index contributed by atoms with van der Waals surface area (Å²) in [7, 11) is 0. The first-order chi connectivity index (χ1) is 8.50. The molecule has 0 aliphatic carbocycles. The standard InChI is InChI=1S/C16H20N2/c1-12(2)10-14(5)16(13(3)4)18-11-15-8-6-7-9-17-15/h6-11H,3H2,1-2,4-5H3/b16-14+,18-11?. The molecule has 0 aliphatic heterocycles. The van der Waals surface area contributed by atoms with Crippen LogP contribution in [0.15, 0.2) is 64.5 Å². The highest BCUT2D eigenvalue weighted by Crippen LogP contribution is 2.16. The van der Waals surface area contributed by atoms with Crippen molar-refractivity contribution in [1.82, 2.24) is 4.98 Å². The summed E-state index contributed by atoms with van der Waals surface area (Å²) in [5, 5.41) is 0. The van der Waals surface area contributed by atoms with Crippen LogP contribution in [0.1, 0.15) is 33.4 Å². The largest absolute Gasteiger partial charge is 0.255 e. The number of hydrogen-bond acceptors (Lipinski definition) is 2. The zero-order valence-corrected chi connectivity index (χ0v) is 11.6. The van der Waals surface area contributed by atoms with Crippen LogP contribution in [0.5, 0.6) is 0 Å². The average molecular weight is 240 g/mol. The second-order valence-electron chi connectivity index (χ2n) is 4.55. The van der Waals surface area contributed by atoms with Crippen LogP contribution in [-0.2, 0) is 0 Å². The predicted molar refractivity (Wildman–Crippen MR) is 78.8 cm³/mol. The zero-order valence-electron chi connectivity index (χ0n) is 11.6. The van der Waals surface area contributed by atoms with Crippen molar-refractivity contribution in [2.45, 2.75) is 27.7 Å². The molecule has 0 aromatic carbocycles. The average Bonchev–Trinajstić information content (AvgIpc) is 2.29. The van der Waals surface area contributed by atoms with Gasteiger partial charge in [0.05, 0.1) is 17.6 Å². The van der Waals surface area contributed by atoms with Crippen molar-refractivity contribution < 1.29 is 0 Å². The Morgan fingerprint density at radius 2 is 1.94 bits per heavy atom. The first-order valence-corrected chi connectivity index (χ1v) is 5.97. The molecular formula is C16H20N2. The van der Waals surface area contributed by atoms with Gasteiger partial charge in [0.15, 0.2) is 0 Å². The van der Waals surface area contributed by atoms with Gasteiger partial charge in [0, 0.05) is 6.20 Å². The third kappa shape index (κ3) is 4.50. The lowest BCUT2D eigenvalue weighted by molar-refractivity contribution is 1.21. The lowest BCUT2D eigenvalue weighted by Gasteiger charge is -2.04. The van der Waals surface area contributed by atoms with Gasteiger partial charge in [-0.1, -0.05) is 24.3 Å². The number of aliphatic imine (C=N–C) groups is 1. The highest BCUT2D eigenvalue weighted by molar-refractivity contribution is 5.78. The van der Waals surface area contributed by atoms with Gasteiger partial charge in [0.25, 0.3) is 0 Å². The summed E-state index contributed by atoms with van der Waals surface area (Å²) in [6.45, 7) is 12.1. The first kappa shape index (κ1) is 14.1. The monoisotopic (exact) mass is 240 g/mol. The van der Waals surface area contributed by atoms with E-state index < -0.39 is 0 Å². The topological polar surface area (TPSA) is 25.2 Å². The SMILES string of the molecule is C=C(C)/C(N=Cc1ccccn1)=C(/C)C=C(C)C. The van der Waals surface area contributed by atoms with Crippen molar-refractivity contribution in [3.63, 3.8) is 0 Å². The fraction of sp³-hybridized carbons (Fsp3) is 0.250. The molecule has 0 N–H and O–H groups in total. The maximum absolute atomic E-state index is 4.49. The van der Waals surface area contributed by atoms with Crippen LogP contribution in [0.4, 0.5) is 0 Å². The van der Waals surface area contributed by atoms with Crippen LogP contribution in [0, 0.1) is 0 Å². The van der Waals surface area contributed by atoms with Gasteiger partial charge in [-0.25, -0.2) is 0 Å². The van der Waals surface area contributed by atoms with Crippen LogP contribution in [0.3, 0.4) is 0 Å². The van der Waals surface area contributed by atoms with Crippen LogP contribution in [-0.4, -0.2) is 11.2 Å². The summed E-state index contributed by atoms with van der Waals surface area (Å²) >= 11 is 0. The fourth-order valence-corrected chi connectivity index (χ4v) is 1.63. The molecular weight excluding hydrogens is 220 g/mol. The number of rotatable bonds is 4. The molecule has 1 aromatic rings. The van der Waals surface area contributed by atoms with Gasteiger partial charge in [0.1, 0.15) is 0 Å².